The van der Waals surface area contributed by atoms with E-state index in [1.165, 1.54) is 18.2 Å². The molecule has 2 aliphatic rings. The van der Waals surface area contributed by atoms with Gasteiger partial charge in [0.1, 0.15) is 5.82 Å². The monoisotopic (exact) mass is 442 g/mol. The third-order valence-electron chi connectivity index (χ3n) is 4.70. The summed E-state index contributed by atoms with van der Waals surface area (Å²) in [6.45, 7) is 1.16. The molecule has 160 valence electrons. The minimum atomic E-state index is -0.511. The Morgan fingerprint density at radius 1 is 1.13 bits per heavy atom. The zero-order valence-corrected chi connectivity index (χ0v) is 17.2. The molecule has 1 fully saturated rings. The first kappa shape index (κ1) is 20.9. The molecule has 0 spiro atoms. The lowest BCUT2D eigenvalue weighted by Gasteiger charge is -2.13. The van der Waals surface area contributed by atoms with Crippen molar-refractivity contribution in [2.24, 2.45) is 0 Å². The van der Waals surface area contributed by atoms with Crippen LogP contribution >= 0.6 is 11.8 Å². The average Bonchev–Trinajstić information content (AvgIpc) is 2.93. The lowest BCUT2D eigenvalue weighted by Crippen LogP contribution is -2.37. The third kappa shape index (κ3) is 4.72. The maximum absolute atomic E-state index is 13.8. The molecule has 2 aromatic carbocycles. The van der Waals surface area contributed by atoms with Crippen LogP contribution in [0.1, 0.15) is 22.3 Å². The van der Waals surface area contributed by atoms with Crippen molar-refractivity contribution in [3.63, 3.8) is 0 Å². The number of hydrogen-bond donors (Lipinski definition) is 1. The number of carbonyl (C=O) groups excluding carboxylic acids is 3. The number of amides is 3. The largest absolute Gasteiger partial charge is 0.490 e. The van der Waals surface area contributed by atoms with E-state index in [0.717, 1.165) is 23.1 Å². The van der Waals surface area contributed by atoms with Crippen LogP contribution in [-0.4, -0.2) is 48.3 Å². The molecule has 1 N–H and O–H groups in total. The van der Waals surface area contributed by atoms with E-state index >= 15 is 0 Å². The Morgan fingerprint density at radius 3 is 2.71 bits per heavy atom. The van der Waals surface area contributed by atoms with Crippen LogP contribution in [0.5, 0.6) is 11.5 Å². The molecular weight excluding hydrogens is 423 g/mol. The molecule has 7 nitrogen and oxygen atoms in total. The van der Waals surface area contributed by atoms with Gasteiger partial charge in [-0.2, -0.15) is 0 Å². The highest BCUT2D eigenvalue weighted by atomic mass is 32.2. The highest BCUT2D eigenvalue weighted by Gasteiger charge is 2.34. The molecule has 0 atom stereocenters. The van der Waals surface area contributed by atoms with Crippen LogP contribution in [-0.2, 0) is 4.79 Å². The second-order valence-corrected chi connectivity index (χ2v) is 7.82. The number of nitrogens with one attached hydrogen (secondary N) is 1. The summed E-state index contributed by atoms with van der Waals surface area (Å²) in [4.78, 5) is 38.3. The van der Waals surface area contributed by atoms with Crippen molar-refractivity contribution in [1.82, 2.24) is 10.2 Å². The number of carbonyl (C=O) groups is 3. The molecule has 0 saturated carbocycles. The number of fused-ring (bicyclic) bond motifs is 1. The molecule has 2 aliphatic heterocycles. The predicted molar refractivity (Wildman–Crippen MR) is 113 cm³/mol. The summed E-state index contributed by atoms with van der Waals surface area (Å²) in [6, 6.07) is 10.9. The van der Waals surface area contributed by atoms with Crippen molar-refractivity contribution in [2.45, 2.75) is 6.42 Å². The maximum Gasteiger partial charge on any atom is 0.293 e. The number of thioether (sulfide) groups is 1. The zero-order chi connectivity index (χ0) is 21.8. The number of benzene rings is 2. The van der Waals surface area contributed by atoms with E-state index in [4.69, 9.17) is 9.47 Å². The van der Waals surface area contributed by atoms with Gasteiger partial charge in [0.2, 0.25) is 0 Å². The second-order valence-electron chi connectivity index (χ2n) is 6.82. The van der Waals surface area contributed by atoms with Crippen LogP contribution in [0.25, 0.3) is 6.08 Å². The molecule has 0 bridgehead atoms. The van der Waals surface area contributed by atoms with Gasteiger partial charge in [0.15, 0.2) is 11.5 Å². The van der Waals surface area contributed by atoms with E-state index in [-0.39, 0.29) is 29.5 Å². The molecule has 1 saturated heterocycles. The first-order valence-corrected chi connectivity index (χ1v) is 10.5. The van der Waals surface area contributed by atoms with Crippen LogP contribution in [0, 0.1) is 5.82 Å². The summed E-state index contributed by atoms with van der Waals surface area (Å²) in [7, 11) is 0. The van der Waals surface area contributed by atoms with Gasteiger partial charge in [-0.15, -0.1) is 0 Å². The van der Waals surface area contributed by atoms with E-state index in [2.05, 4.69) is 5.32 Å². The van der Waals surface area contributed by atoms with E-state index in [1.807, 2.05) is 0 Å². The zero-order valence-electron chi connectivity index (χ0n) is 16.4. The first-order valence-electron chi connectivity index (χ1n) is 9.70. The van der Waals surface area contributed by atoms with Gasteiger partial charge in [-0.05, 0) is 42.1 Å². The normalized spacial score (nSPS) is 17.1. The molecule has 0 aromatic heterocycles. The van der Waals surface area contributed by atoms with Crippen molar-refractivity contribution >= 4 is 34.9 Å². The summed E-state index contributed by atoms with van der Waals surface area (Å²) in [5, 5.41) is 2.23. The highest BCUT2D eigenvalue weighted by Crippen LogP contribution is 2.32. The summed E-state index contributed by atoms with van der Waals surface area (Å²) < 4.78 is 24.9. The molecule has 0 aliphatic carbocycles. The fraction of sp³-hybridized carbons (Fsp3) is 0.227. The van der Waals surface area contributed by atoms with Gasteiger partial charge in [0, 0.05) is 30.6 Å². The van der Waals surface area contributed by atoms with E-state index in [1.54, 1.807) is 30.3 Å². The molecule has 4 rings (SSSR count). The van der Waals surface area contributed by atoms with Gasteiger partial charge in [-0.3, -0.25) is 19.3 Å². The van der Waals surface area contributed by atoms with Gasteiger partial charge >= 0.3 is 0 Å². The summed E-state index contributed by atoms with van der Waals surface area (Å²) in [5.41, 5.74) is 0.619. The molecule has 9 heteroatoms. The van der Waals surface area contributed by atoms with Crippen molar-refractivity contribution < 1.29 is 28.2 Å². The molecular formula is C22H19FN2O5S. The van der Waals surface area contributed by atoms with Gasteiger partial charge in [0.25, 0.3) is 17.1 Å². The van der Waals surface area contributed by atoms with Gasteiger partial charge in [-0.1, -0.05) is 18.2 Å². The smallest absolute Gasteiger partial charge is 0.293 e. The molecule has 3 amide bonds. The van der Waals surface area contributed by atoms with Crippen LogP contribution in [0.2, 0.25) is 0 Å². The van der Waals surface area contributed by atoms with Crippen LogP contribution in [0.15, 0.2) is 47.4 Å². The lowest BCUT2D eigenvalue weighted by atomic mass is 10.2. The second kappa shape index (κ2) is 9.22. The predicted octanol–water partition coefficient (Wildman–Crippen LogP) is 3.45. The Bertz CT molecular complexity index is 1070. The fourth-order valence-electron chi connectivity index (χ4n) is 3.11. The van der Waals surface area contributed by atoms with Gasteiger partial charge < -0.3 is 14.8 Å². The molecule has 2 aromatic rings. The Kier molecular flexibility index (Phi) is 6.22. The van der Waals surface area contributed by atoms with Gasteiger partial charge in [-0.25, -0.2) is 4.39 Å². The number of hydrogen-bond acceptors (Lipinski definition) is 6. The summed E-state index contributed by atoms with van der Waals surface area (Å²) >= 11 is 0.747. The van der Waals surface area contributed by atoms with Crippen LogP contribution in [0.4, 0.5) is 9.18 Å². The van der Waals surface area contributed by atoms with Crippen molar-refractivity contribution in [1.29, 1.82) is 0 Å². The maximum atomic E-state index is 13.8. The quantitative estimate of drug-likeness (QED) is 0.714. The standard InChI is InChI=1S/C22H19FN2O5S/c23-16-5-2-1-4-14(16)13-19-21(27)25(22(28)31-19)9-8-24-20(26)15-6-7-17-18(12-15)30-11-3-10-29-17/h1-2,4-7,12-13H,3,8-11H2,(H,24,26)/b19-13-. The van der Waals surface area contributed by atoms with Crippen LogP contribution < -0.4 is 14.8 Å². The first-order chi connectivity index (χ1) is 15.0. The van der Waals surface area contributed by atoms with E-state index < -0.39 is 17.0 Å². The average molecular weight is 442 g/mol. The number of rotatable bonds is 5. The Balaban J connectivity index is 1.36. The minimum absolute atomic E-state index is 0.00949. The van der Waals surface area contributed by atoms with Crippen molar-refractivity contribution in [3.8, 4) is 11.5 Å². The number of nitrogens with zero attached hydrogens (tertiary/aromatic N) is 1. The SMILES string of the molecule is O=C(NCCN1C(=O)S/C(=C\c2ccccc2F)C1=O)c1ccc2c(c1)OCCCO2. The van der Waals surface area contributed by atoms with Crippen molar-refractivity contribution in [2.75, 3.05) is 26.3 Å². The lowest BCUT2D eigenvalue weighted by molar-refractivity contribution is -0.122. The van der Waals surface area contributed by atoms with Crippen molar-refractivity contribution in [3.05, 3.63) is 64.3 Å². The van der Waals surface area contributed by atoms with Gasteiger partial charge in [0.05, 0.1) is 18.1 Å². The fourth-order valence-corrected chi connectivity index (χ4v) is 3.97. The van der Waals surface area contributed by atoms with E-state index in [9.17, 15) is 18.8 Å². The number of halogens is 1. The third-order valence-corrected chi connectivity index (χ3v) is 5.60. The van der Waals surface area contributed by atoms with E-state index in [0.29, 0.717) is 30.3 Å². The highest BCUT2D eigenvalue weighted by molar-refractivity contribution is 8.18. The molecule has 31 heavy (non-hydrogen) atoms. The topological polar surface area (TPSA) is 84.9 Å². The number of ether oxygens (including phenoxy) is 2. The molecule has 2 heterocycles. The summed E-state index contributed by atoms with van der Waals surface area (Å²) in [6.07, 6.45) is 2.12. The Hall–Kier alpha value is -3.33. The Morgan fingerprint density at radius 2 is 1.90 bits per heavy atom. The summed E-state index contributed by atoms with van der Waals surface area (Å²) in [5.74, 6) is -0.243. The molecule has 0 radical (unpaired) electrons. The Labute approximate surface area is 182 Å². The van der Waals surface area contributed by atoms with Crippen LogP contribution in [0.3, 0.4) is 0 Å². The number of imide groups is 1. The molecule has 0 unspecified atom stereocenters. The minimum Gasteiger partial charge on any atom is -0.490 e.